The van der Waals surface area contributed by atoms with Gasteiger partial charge in [-0.15, -0.1) is 5.10 Å². The Balaban J connectivity index is 1.37. The summed E-state index contributed by atoms with van der Waals surface area (Å²) in [6.07, 6.45) is 1.31. The van der Waals surface area contributed by atoms with E-state index in [1.807, 2.05) is 30.3 Å². The largest absolute Gasteiger partial charge is 0.484 e. The number of nitrogens with one attached hydrogen (secondary N) is 2. The van der Waals surface area contributed by atoms with Crippen molar-refractivity contribution in [2.24, 2.45) is 5.10 Å². The van der Waals surface area contributed by atoms with E-state index < -0.39 is 10.8 Å². The fraction of sp³-hybridized carbons (Fsp3) is 0.0435. The third-order valence-corrected chi connectivity index (χ3v) is 5.66. The van der Waals surface area contributed by atoms with Crippen LogP contribution >= 0.6 is 23.4 Å². The fourth-order valence-electron chi connectivity index (χ4n) is 2.85. The molecule has 10 nitrogen and oxygen atoms in total. The van der Waals surface area contributed by atoms with Crippen molar-refractivity contribution in [2.75, 3.05) is 6.61 Å². The molecule has 0 atom stereocenters. The van der Waals surface area contributed by atoms with Crippen molar-refractivity contribution < 1.29 is 14.5 Å². The highest BCUT2D eigenvalue weighted by Gasteiger charge is 2.18. The summed E-state index contributed by atoms with van der Waals surface area (Å²) in [7, 11) is 0. The van der Waals surface area contributed by atoms with Gasteiger partial charge in [0.2, 0.25) is 5.16 Å². The minimum atomic E-state index is -0.497. The van der Waals surface area contributed by atoms with Crippen molar-refractivity contribution in [2.45, 2.75) is 10.1 Å². The number of nitro benzene ring substituents is 1. The van der Waals surface area contributed by atoms with Gasteiger partial charge in [0.05, 0.1) is 16.0 Å². The van der Waals surface area contributed by atoms with Gasteiger partial charge in [-0.1, -0.05) is 48.0 Å². The average molecular weight is 509 g/mol. The molecule has 0 saturated carbocycles. The molecule has 0 unspecified atom stereocenters. The van der Waals surface area contributed by atoms with E-state index in [1.165, 1.54) is 12.3 Å². The van der Waals surface area contributed by atoms with Crippen LogP contribution in [-0.2, 0) is 4.79 Å². The van der Waals surface area contributed by atoms with E-state index in [0.29, 0.717) is 32.2 Å². The first-order chi connectivity index (χ1) is 17.0. The molecule has 3 aromatic carbocycles. The quantitative estimate of drug-likeness (QED) is 0.190. The highest BCUT2D eigenvalue weighted by atomic mass is 35.5. The normalized spacial score (nSPS) is 10.9. The summed E-state index contributed by atoms with van der Waals surface area (Å²) in [6.45, 7) is -0.254. The van der Waals surface area contributed by atoms with Gasteiger partial charge in [0.25, 0.3) is 11.6 Å². The van der Waals surface area contributed by atoms with Gasteiger partial charge in [-0.05, 0) is 42.1 Å². The molecular formula is C23H17ClN6O4S. The number of halogens is 1. The number of hydrogen-bond acceptors (Lipinski definition) is 8. The number of hydrazone groups is 1. The second-order valence-electron chi connectivity index (χ2n) is 6.95. The standard InChI is InChI=1S/C23H17ClN6O4S/c24-17-7-9-18(10-8-17)34-14-21(31)27-25-13-15-6-11-20(19(12-15)30(32)33)35-23-26-22(28-29-23)16-4-2-1-3-5-16/h1-13H,14H2,(H,27,31)(H,26,28,29)/b25-13-. The topological polar surface area (TPSA) is 135 Å². The highest BCUT2D eigenvalue weighted by molar-refractivity contribution is 7.99. The van der Waals surface area contributed by atoms with Crippen LogP contribution in [0.3, 0.4) is 0 Å². The van der Waals surface area contributed by atoms with E-state index in [2.05, 4.69) is 25.7 Å². The number of aromatic amines is 1. The Hall–Kier alpha value is -4.22. The van der Waals surface area contributed by atoms with Crippen LogP contribution < -0.4 is 10.2 Å². The minimum absolute atomic E-state index is 0.137. The number of ether oxygens (including phenoxy) is 1. The maximum Gasteiger partial charge on any atom is 0.283 e. The number of hydrogen-bond donors (Lipinski definition) is 2. The molecule has 0 aliphatic carbocycles. The summed E-state index contributed by atoms with van der Waals surface area (Å²) in [5.74, 6) is 0.562. The summed E-state index contributed by atoms with van der Waals surface area (Å²) in [5.41, 5.74) is 3.46. The van der Waals surface area contributed by atoms with Crippen LogP contribution in [0.5, 0.6) is 5.75 Å². The summed E-state index contributed by atoms with van der Waals surface area (Å²) in [5, 5.41) is 23.3. The number of nitrogens with zero attached hydrogens (tertiary/aromatic N) is 4. The first kappa shape index (κ1) is 23.9. The molecule has 12 heteroatoms. The number of rotatable bonds is 9. The lowest BCUT2D eigenvalue weighted by Crippen LogP contribution is -2.24. The first-order valence-corrected chi connectivity index (χ1v) is 11.3. The summed E-state index contributed by atoms with van der Waals surface area (Å²) in [6, 6.07) is 20.6. The predicted octanol–water partition coefficient (Wildman–Crippen LogP) is 4.71. The zero-order valence-corrected chi connectivity index (χ0v) is 19.5. The smallest absolute Gasteiger partial charge is 0.283 e. The summed E-state index contributed by atoms with van der Waals surface area (Å²) >= 11 is 6.87. The Bertz CT molecular complexity index is 1360. The Morgan fingerprint density at radius 3 is 2.69 bits per heavy atom. The van der Waals surface area contributed by atoms with Crippen LogP contribution in [0.4, 0.5) is 5.69 Å². The third kappa shape index (κ3) is 6.65. The Morgan fingerprint density at radius 1 is 1.17 bits per heavy atom. The van der Waals surface area contributed by atoms with E-state index in [1.54, 1.807) is 36.4 Å². The van der Waals surface area contributed by atoms with Gasteiger partial charge in [0.1, 0.15) is 5.75 Å². The molecule has 2 N–H and O–H groups in total. The molecule has 1 heterocycles. The molecule has 4 rings (SSSR count). The van der Waals surface area contributed by atoms with Crippen molar-refractivity contribution in [3.63, 3.8) is 0 Å². The molecule has 0 bridgehead atoms. The van der Waals surface area contributed by atoms with E-state index >= 15 is 0 Å². The lowest BCUT2D eigenvalue weighted by atomic mass is 10.2. The van der Waals surface area contributed by atoms with E-state index in [4.69, 9.17) is 16.3 Å². The lowest BCUT2D eigenvalue weighted by molar-refractivity contribution is -0.387. The highest BCUT2D eigenvalue weighted by Crippen LogP contribution is 2.34. The van der Waals surface area contributed by atoms with Gasteiger partial charge < -0.3 is 4.74 Å². The first-order valence-electron chi connectivity index (χ1n) is 10.1. The number of carbonyl (C=O) groups excluding carboxylic acids is 1. The van der Waals surface area contributed by atoms with E-state index in [-0.39, 0.29) is 12.3 Å². The number of amides is 1. The zero-order valence-electron chi connectivity index (χ0n) is 17.9. The summed E-state index contributed by atoms with van der Waals surface area (Å²) in [4.78, 5) is 27.8. The lowest BCUT2D eigenvalue weighted by Gasteiger charge is -2.05. The van der Waals surface area contributed by atoms with Gasteiger partial charge in [-0.3, -0.25) is 20.0 Å². The number of benzene rings is 3. The maximum absolute atomic E-state index is 11.9. The van der Waals surface area contributed by atoms with Crippen molar-refractivity contribution in [3.05, 3.63) is 93.5 Å². The van der Waals surface area contributed by atoms with E-state index in [0.717, 1.165) is 17.3 Å². The van der Waals surface area contributed by atoms with Crippen LogP contribution in [0.15, 0.2) is 87.9 Å². The van der Waals surface area contributed by atoms with Gasteiger partial charge in [-0.25, -0.2) is 10.4 Å². The molecule has 0 fully saturated rings. The van der Waals surface area contributed by atoms with Crippen molar-refractivity contribution in [1.29, 1.82) is 0 Å². The van der Waals surface area contributed by atoms with Gasteiger partial charge in [0.15, 0.2) is 12.4 Å². The molecule has 35 heavy (non-hydrogen) atoms. The number of carbonyl (C=O) groups is 1. The van der Waals surface area contributed by atoms with Crippen LogP contribution in [0.2, 0.25) is 5.02 Å². The van der Waals surface area contributed by atoms with Crippen molar-refractivity contribution in [1.82, 2.24) is 20.6 Å². The fourth-order valence-corrected chi connectivity index (χ4v) is 3.78. The second-order valence-corrected chi connectivity index (χ2v) is 8.40. The Kier molecular flexibility index (Phi) is 7.70. The molecule has 1 amide bonds. The third-order valence-electron chi connectivity index (χ3n) is 4.48. The number of nitro groups is 1. The molecule has 0 spiro atoms. The molecule has 0 aliphatic rings. The molecular weight excluding hydrogens is 492 g/mol. The number of H-pyrrole nitrogens is 1. The molecule has 176 valence electrons. The molecule has 4 aromatic rings. The molecule has 0 radical (unpaired) electrons. The molecule has 0 saturated heterocycles. The average Bonchev–Trinajstić information content (AvgIpc) is 3.33. The summed E-state index contributed by atoms with van der Waals surface area (Å²) < 4.78 is 5.33. The van der Waals surface area contributed by atoms with Gasteiger partial charge in [0, 0.05) is 22.2 Å². The zero-order chi connectivity index (χ0) is 24.6. The SMILES string of the molecule is O=C(COc1ccc(Cl)cc1)N/N=C\c1ccc(Sc2n[nH]c(-c3ccccc3)n2)c([N+](=O)[O-])c1. The van der Waals surface area contributed by atoms with Gasteiger partial charge in [-0.2, -0.15) is 5.10 Å². The van der Waals surface area contributed by atoms with Gasteiger partial charge >= 0.3 is 0 Å². The van der Waals surface area contributed by atoms with Crippen LogP contribution in [0.25, 0.3) is 11.4 Å². The predicted molar refractivity (Wildman–Crippen MR) is 132 cm³/mol. The van der Waals surface area contributed by atoms with Crippen molar-refractivity contribution in [3.8, 4) is 17.1 Å². The van der Waals surface area contributed by atoms with Crippen LogP contribution in [0.1, 0.15) is 5.56 Å². The van der Waals surface area contributed by atoms with Crippen LogP contribution in [0, 0.1) is 10.1 Å². The maximum atomic E-state index is 11.9. The number of aromatic nitrogens is 3. The van der Waals surface area contributed by atoms with Crippen molar-refractivity contribution >= 4 is 41.2 Å². The van der Waals surface area contributed by atoms with E-state index in [9.17, 15) is 14.9 Å². The second kappa shape index (κ2) is 11.3. The Labute approximate surface area is 208 Å². The monoisotopic (exact) mass is 508 g/mol. The Morgan fingerprint density at radius 2 is 1.94 bits per heavy atom. The molecule has 1 aromatic heterocycles. The molecule has 0 aliphatic heterocycles. The van der Waals surface area contributed by atoms with Crippen LogP contribution in [-0.4, -0.2) is 38.8 Å². The minimum Gasteiger partial charge on any atom is -0.484 e.